The van der Waals surface area contributed by atoms with Gasteiger partial charge in [0.05, 0.1) is 18.8 Å². The maximum absolute atomic E-state index is 11.9. The smallest absolute Gasteiger partial charge is 0.236 e. The Labute approximate surface area is 98.3 Å². The molecule has 0 spiro atoms. The number of ether oxygens (including phenoxy) is 1. The second-order valence-corrected chi connectivity index (χ2v) is 4.75. The minimum atomic E-state index is 0.149. The molecule has 0 aromatic rings. The average Bonchev–Trinajstić information content (AvgIpc) is 2.23. The lowest BCUT2D eigenvalue weighted by Gasteiger charge is -2.35. The van der Waals surface area contributed by atoms with Gasteiger partial charge >= 0.3 is 0 Å². The zero-order valence-corrected chi connectivity index (χ0v) is 10.8. The van der Waals surface area contributed by atoms with Gasteiger partial charge in [0.2, 0.25) is 5.91 Å². The molecule has 3 atom stereocenters. The number of nitrogens with one attached hydrogen (secondary N) is 1. The van der Waals surface area contributed by atoms with Gasteiger partial charge in [0.15, 0.2) is 0 Å². The fourth-order valence-corrected chi connectivity index (χ4v) is 1.90. The molecule has 1 amide bonds. The molecule has 1 rings (SSSR count). The van der Waals surface area contributed by atoms with Crippen molar-refractivity contribution in [1.82, 2.24) is 10.2 Å². The molecule has 94 valence electrons. The predicted molar refractivity (Wildman–Crippen MR) is 64.3 cm³/mol. The van der Waals surface area contributed by atoms with Crippen molar-refractivity contribution < 1.29 is 9.53 Å². The summed E-state index contributed by atoms with van der Waals surface area (Å²) in [7, 11) is 0. The van der Waals surface area contributed by atoms with Gasteiger partial charge in [0.1, 0.15) is 0 Å². The van der Waals surface area contributed by atoms with Crippen LogP contribution in [0.1, 0.15) is 34.1 Å². The summed E-state index contributed by atoms with van der Waals surface area (Å²) < 4.78 is 5.60. The van der Waals surface area contributed by atoms with Crippen LogP contribution in [0.15, 0.2) is 0 Å². The van der Waals surface area contributed by atoms with E-state index in [0.29, 0.717) is 25.7 Å². The first-order valence-electron chi connectivity index (χ1n) is 6.19. The second kappa shape index (κ2) is 6.21. The lowest BCUT2D eigenvalue weighted by Crippen LogP contribution is -2.51. The zero-order valence-electron chi connectivity index (χ0n) is 10.8. The number of morpholine rings is 1. The normalized spacial score (nSPS) is 27.9. The Morgan fingerprint density at radius 2 is 2.00 bits per heavy atom. The van der Waals surface area contributed by atoms with Gasteiger partial charge in [-0.3, -0.25) is 4.79 Å². The van der Waals surface area contributed by atoms with E-state index < -0.39 is 0 Å². The van der Waals surface area contributed by atoms with Gasteiger partial charge in [-0.1, -0.05) is 6.92 Å². The first-order valence-corrected chi connectivity index (χ1v) is 6.19. The standard InChI is InChI=1S/C12H24N2O2/c1-5-9(2)13-6-12(15)14-7-10(3)16-11(4)8-14/h9-11,13H,5-8H2,1-4H3. The molecule has 0 saturated carbocycles. The van der Waals surface area contributed by atoms with Gasteiger partial charge in [-0.25, -0.2) is 0 Å². The van der Waals surface area contributed by atoms with E-state index in [9.17, 15) is 4.79 Å². The minimum Gasteiger partial charge on any atom is -0.372 e. The second-order valence-electron chi connectivity index (χ2n) is 4.75. The number of nitrogens with zero attached hydrogens (tertiary/aromatic N) is 1. The van der Waals surface area contributed by atoms with Crippen LogP contribution in [0.4, 0.5) is 0 Å². The molecule has 0 aliphatic carbocycles. The molecule has 0 aromatic heterocycles. The molecule has 1 aliphatic rings. The van der Waals surface area contributed by atoms with Gasteiger partial charge in [-0.15, -0.1) is 0 Å². The molecule has 16 heavy (non-hydrogen) atoms. The van der Waals surface area contributed by atoms with E-state index in [0.717, 1.165) is 6.42 Å². The van der Waals surface area contributed by atoms with Crippen molar-refractivity contribution in [2.45, 2.75) is 52.4 Å². The van der Waals surface area contributed by atoms with Gasteiger partial charge < -0.3 is 15.0 Å². The molecule has 1 N–H and O–H groups in total. The highest BCUT2D eigenvalue weighted by Gasteiger charge is 2.25. The highest BCUT2D eigenvalue weighted by molar-refractivity contribution is 5.78. The van der Waals surface area contributed by atoms with Crippen molar-refractivity contribution in [2.24, 2.45) is 0 Å². The van der Waals surface area contributed by atoms with E-state index in [1.165, 1.54) is 0 Å². The van der Waals surface area contributed by atoms with E-state index in [-0.39, 0.29) is 18.1 Å². The maximum atomic E-state index is 11.9. The van der Waals surface area contributed by atoms with Crippen molar-refractivity contribution in [3.63, 3.8) is 0 Å². The van der Waals surface area contributed by atoms with Crippen LogP contribution in [0, 0.1) is 0 Å². The van der Waals surface area contributed by atoms with E-state index in [2.05, 4.69) is 19.2 Å². The molecule has 1 heterocycles. The monoisotopic (exact) mass is 228 g/mol. The van der Waals surface area contributed by atoms with Crippen molar-refractivity contribution in [1.29, 1.82) is 0 Å². The van der Waals surface area contributed by atoms with Crippen LogP contribution in [0.3, 0.4) is 0 Å². The quantitative estimate of drug-likeness (QED) is 0.781. The number of hydrogen-bond acceptors (Lipinski definition) is 3. The topological polar surface area (TPSA) is 41.6 Å². The third-order valence-electron chi connectivity index (χ3n) is 2.99. The largest absolute Gasteiger partial charge is 0.372 e. The van der Waals surface area contributed by atoms with Gasteiger partial charge in [-0.2, -0.15) is 0 Å². The third kappa shape index (κ3) is 4.10. The first-order chi connectivity index (χ1) is 7.52. The summed E-state index contributed by atoms with van der Waals surface area (Å²) in [5.74, 6) is 0.183. The molecule has 3 unspecified atom stereocenters. The fraction of sp³-hybridized carbons (Fsp3) is 0.917. The summed E-state index contributed by atoms with van der Waals surface area (Å²) in [4.78, 5) is 13.8. The molecular weight excluding hydrogens is 204 g/mol. The molecular formula is C12H24N2O2. The summed E-state index contributed by atoms with van der Waals surface area (Å²) in [5.41, 5.74) is 0. The third-order valence-corrected chi connectivity index (χ3v) is 2.99. The Morgan fingerprint density at radius 1 is 1.44 bits per heavy atom. The highest BCUT2D eigenvalue weighted by Crippen LogP contribution is 2.10. The summed E-state index contributed by atoms with van der Waals surface area (Å²) in [6, 6.07) is 0.403. The Morgan fingerprint density at radius 3 is 2.50 bits per heavy atom. The highest BCUT2D eigenvalue weighted by atomic mass is 16.5. The molecule has 1 fully saturated rings. The zero-order chi connectivity index (χ0) is 12.1. The Balaban J connectivity index is 2.35. The molecule has 1 saturated heterocycles. The molecule has 1 aliphatic heterocycles. The van der Waals surface area contributed by atoms with Crippen LogP contribution in [-0.4, -0.2) is 48.7 Å². The van der Waals surface area contributed by atoms with Gasteiger partial charge in [-0.05, 0) is 27.2 Å². The number of amides is 1. The van der Waals surface area contributed by atoms with E-state index in [1.54, 1.807) is 0 Å². The van der Waals surface area contributed by atoms with Crippen molar-refractivity contribution in [2.75, 3.05) is 19.6 Å². The van der Waals surface area contributed by atoms with E-state index in [1.807, 2.05) is 18.7 Å². The van der Waals surface area contributed by atoms with E-state index >= 15 is 0 Å². The summed E-state index contributed by atoms with van der Waals surface area (Å²) in [6.45, 7) is 10.1. The van der Waals surface area contributed by atoms with Crippen LogP contribution in [-0.2, 0) is 9.53 Å². The van der Waals surface area contributed by atoms with Crippen LogP contribution < -0.4 is 5.32 Å². The molecule has 4 heteroatoms. The Kier molecular flexibility index (Phi) is 5.22. The van der Waals surface area contributed by atoms with Crippen LogP contribution in [0.2, 0.25) is 0 Å². The van der Waals surface area contributed by atoms with Crippen molar-refractivity contribution in [3.8, 4) is 0 Å². The van der Waals surface area contributed by atoms with Crippen molar-refractivity contribution in [3.05, 3.63) is 0 Å². The van der Waals surface area contributed by atoms with Crippen LogP contribution in [0.5, 0.6) is 0 Å². The number of rotatable bonds is 4. The minimum absolute atomic E-state index is 0.149. The molecule has 0 radical (unpaired) electrons. The molecule has 0 aromatic carbocycles. The number of carbonyl (C=O) groups excluding carboxylic acids is 1. The van der Waals surface area contributed by atoms with E-state index in [4.69, 9.17) is 4.74 Å². The maximum Gasteiger partial charge on any atom is 0.236 e. The Hall–Kier alpha value is -0.610. The predicted octanol–water partition coefficient (Wildman–Crippen LogP) is 1.01. The molecule has 4 nitrogen and oxygen atoms in total. The molecule has 0 bridgehead atoms. The summed E-state index contributed by atoms with van der Waals surface area (Å²) >= 11 is 0. The lowest BCUT2D eigenvalue weighted by molar-refractivity contribution is -0.142. The van der Waals surface area contributed by atoms with Gasteiger partial charge in [0.25, 0.3) is 0 Å². The summed E-state index contributed by atoms with van der Waals surface area (Å²) in [5, 5.41) is 3.23. The Bertz CT molecular complexity index is 223. The summed E-state index contributed by atoms with van der Waals surface area (Å²) in [6.07, 6.45) is 1.34. The first kappa shape index (κ1) is 13.5. The van der Waals surface area contributed by atoms with Crippen LogP contribution >= 0.6 is 0 Å². The average molecular weight is 228 g/mol. The SMILES string of the molecule is CCC(C)NCC(=O)N1CC(C)OC(C)C1. The number of hydrogen-bond donors (Lipinski definition) is 1. The number of carbonyl (C=O) groups is 1. The van der Waals surface area contributed by atoms with Crippen molar-refractivity contribution >= 4 is 5.91 Å². The fourth-order valence-electron chi connectivity index (χ4n) is 1.90. The van der Waals surface area contributed by atoms with Gasteiger partial charge in [0, 0.05) is 19.1 Å². The van der Waals surface area contributed by atoms with Crippen LogP contribution in [0.25, 0.3) is 0 Å². The lowest BCUT2D eigenvalue weighted by atomic mass is 10.2.